The monoisotopic (exact) mass is 344 g/mol. The minimum absolute atomic E-state index is 0.0559. The minimum atomic E-state index is -0.369. The molecule has 2 atom stereocenters. The van der Waals surface area contributed by atoms with E-state index in [1.807, 2.05) is 41.8 Å². The highest BCUT2D eigenvalue weighted by Gasteiger charge is 2.27. The van der Waals surface area contributed by atoms with Gasteiger partial charge in [0.25, 0.3) is 5.91 Å². The van der Waals surface area contributed by atoms with E-state index < -0.39 is 0 Å². The third kappa shape index (κ3) is 4.04. The van der Waals surface area contributed by atoms with Gasteiger partial charge in [0, 0.05) is 30.1 Å². The molecule has 1 aliphatic rings. The number of likely N-dealkylation sites (tertiary alicyclic amines) is 1. The molecule has 1 amide bonds. The van der Waals surface area contributed by atoms with E-state index in [-0.39, 0.29) is 12.0 Å². The van der Waals surface area contributed by atoms with E-state index in [9.17, 15) is 9.90 Å². The summed E-state index contributed by atoms with van der Waals surface area (Å²) in [6.45, 7) is 1.94. The van der Waals surface area contributed by atoms with Gasteiger partial charge < -0.3 is 10.4 Å². The number of nitrogens with zero attached hydrogens (tertiary/aromatic N) is 1. The summed E-state index contributed by atoms with van der Waals surface area (Å²) >= 11 is 1.62. The predicted molar refractivity (Wildman–Crippen MR) is 97.2 cm³/mol. The van der Waals surface area contributed by atoms with Crippen molar-refractivity contribution in [3.63, 3.8) is 0 Å². The fraction of sp³-hybridized carbons (Fsp3) is 0.421. The van der Waals surface area contributed by atoms with Crippen molar-refractivity contribution in [3.8, 4) is 0 Å². The van der Waals surface area contributed by atoms with Gasteiger partial charge in [-0.15, -0.1) is 11.3 Å². The van der Waals surface area contributed by atoms with E-state index in [1.165, 1.54) is 12.0 Å². The van der Waals surface area contributed by atoms with E-state index in [4.69, 9.17) is 0 Å². The fourth-order valence-electron chi connectivity index (χ4n) is 3.37. The lowest BCUT2D eigenvalue weighted by molar-refractivity contribution is 0.0963. The Morgan fingerprint density at radius 1 is 1.38 bits per heavy atom. The van der Waals surface area contributed by atoms with Crippen molar-refractivity contribution in [1.29, 1.82) is 0 Å². The molecule has 1 fully saturated rings. The Balaban J connectivity index is 1.60. The molecule has 2 N–H and O–H groups in total. The molecule has 4 nitrogen and oxygen atoms in total. The smallest absolute Gasteiger partial charge is 0.251 e. The summed E-state index contributed by atoms with van der Waals surface area (Å²) in [5, 5.41) is 15.1. The maximum Gasteiger partial charge on any atom is 0.251 e. The van der Waals surface area contributed by atoms with Crippen LogP contribution in [0.3, 0.4) is 0 Å². The Kier molecular flexibility index (Phi) is 5.66. The number of nitrogens with one attached hydrogen (secondary N) is 1. The average Bonchev–Trinajstić information content (AvgIpc) is 3.27. The Bertz CT molecular complexity index is 655. The van der Waals surface area contributed by atoms with Crippen LogP contribution < -0.4 is 5.32 Å². The van der Waals surface area contributed by atoms with Crippen molar-refractivity contribution in [2.75, 3.05) is 13.6 Å². The molecule has 0 spiro atoms. The third-order valence-corrected chi connectivity index (χ3v) is 5.67. The number of rotatable bonds is 6. The first kappa shape index (κ1) is 17.1. The van der Waals surface area contributed by atoms with Crippen LogP contribution in [0.25, 0.3) is 0 Å². The Hall–Kier alpha value is -1.69. The van der Waals surface area contributed by atoms with Crippen LogP contribution in [0.5, 0.6) is 0 Å². The van der Waals surface area contributed by atoms with Gasteiger partial charge in [0.1, 0.15) is 0 Å². The van der Waals surface area contributed by atoms with Gasteiger partial charge in [-0.05, 0) is 54.9 Å². The van der Waals surface area contributed by atoms with Gasteiger partial charge in [-0.2, -0.15) is 0 Å². The predicted octanol–water partition coefficient (Wildman–Crippen LogP) is 3.20. The lowest BCUT2D eigenvalue weighted by atomic mass is 10.0. The quantitative estimate of drug-likeness (QED) is 0.846. The van der Waals surface area contributed by atoms with Crippen LogP contribution in [0, 0.1) is 0 Å². The Morgan fingerprint density at radius 3 is 2.83 bits per heavy atom. The first-order valence-corrected chi connectivity index (χ1v) is 9.32. The number of aliphatic hydroxyl groups excluding tert-OH is 1. The molecule has 0 aliphatic carbocycles. The van der Waals surface area contributed by atoms with Gasteiger partial charge in [-0.1, -0.05) is 18.2 Å². The molecule has 0 bridgehead atoms. The molecular weight excluding hydrogens is 320 g/mol. The van der Waals surface area contributed by atoms with Crippen LogP contribution in [-0.4, -0.2) is 35.5 Å². The minimum Gasteiger partial charge on any atom is -0.388 e. The summed E-state index contributed by atoms with van der Waals surface area (Å²) in [4.78, 5) is 15.1. The molecule has 24 heavy (non-hydrogen) atoms. The van der Waals surface area contributed by atoms with Gasteiger partial charge >= 0.3 is 0 Å². The molecule has 3 rings (SSSR count). The van der Waals surface area contributed by atoms with Gasteiger partial charge in [0.2, 0.25) is 0 Å². The number of carbonyl (C=O) groups is 1. The largest absolute Gasteiger partial charge is 0.388 e. The summed E-state index contributed by atoms with van der Waals surface area (Å²) in [6.07, 6.45) is 2.74. The lowest BCUT2D eigenvalue weighted by Gasteiger charge is -2.26. The molecular formula is C19H24N2O2S. The lowest BCUT2D eigenvalue weighted by Crippen LogP contribution is -2.30. The molecule has 0 saturated carbocycles. The van der Waals surface area contributed by atoms with Crippen molar-refractivity contribution in [3.05, 3.63) is 57.8 Å². The maximum absolute atomic E-state index is 11.6. The normalized spacial score (nSPS) is 19.3. The second-order valence-electron chi connectivity index (χ2n) is 6.31. The SMILES string of the molecule is CNC(=O)c1ccc(CN2CCCC2CC(O)c2cccs2)cc1. The van der Waals surface area contributed by atoms with Gasteiger partial charge in [-0.25, -0.2) is 0 Å². The van der Waals surface area contributed by atoms with E-state index >= 15 is 0 Å². The summed E-state index contributed by atoms with van der Waals surface area (Å²) in [7, 11) is 1.64. The number of hydrogen-bond acceptors (Lipinski definition) is 4. The van der Waals surface area contributed by atoms with Gasteiger partial charge in [-0.3, -0.25) is 9.69 Å². The van der Waals surface area contributed by atoms with Crippen molar-refractivity contribution < 1.29 is 9.90 Å². The van der Waals surface area contributed by atoms with Crippen molar-refractivity contribution >= 4 is 17.2 Å². The summed E-state index contributed by atoms with van der Waals surface area (Å²) in [5.74, 6) is -0.0559. The zero-order valence-electron chi connectivity index (χ0n) is 13.9. The molecule has 1 aromatic heterocycles. The number of benzene rings is 1. The Labute approximate surface area is 147 Å². The number of aliphatic hydroxyl groups is 1. The van der Waals surface area contributed by atoms with Gasteiger partial charge in [0.15, 0.2) is 0 Å². The third-order valence-electron chi connectivity index (χ3n) is 4.69. The molecule has 2 unspecified atom stereocenters. The molecule has 2 heterocycles. The van der Waals surface area contributed by atoms with Crippen LogP contribution in [0.1, 0.15) is 46.2 Å². The first-order valence-electron chi connectivity index (χ1n) is 8.44. The molecule has 0 radical (unpaired) electrons. The highest BCUT2D eigenvalue weighted by molar-refractivity contribution is 7.10. The standard InChI is InChI=1S/C19H24N2O2S/c1-20-19(23)15-8-6-14(7-9-15)13-21-10-2-4-16(21)12-17(22)18-5-3-11-24-18/h3,5-9,11,16-17,22H,2,4,10,12-13H2,1H3,(H,20,23). The molecule has 1 aromatic carbocycles. The molecule has 1 aliphatic heterocycles. The molecule has 1 saturated heterocycles. The van der Waals surface area contributed by atoms with Crippen LogP contribution in [0.15, 0.2) is 41.8 Å². The summed E-state index contributed by atoms with van der Waals surface area (Å²) in [6, 6.07) is 12.2. The fourth-order valence-corrected chi connectivity index (χ4v) is 4.09. The topological polar surface area (TPSA) is 52.6 Å². The van der Waals surface area contributed by atoms with Crippen molar-refractivity contribution in [1.82, 2.24) is 10.2 Å². The van der Waals surface area contributed by atoms with E-state index in [2.05, 4.69) is 10.2 Å². The second kappa shape index (κ2) is 7.92. The molecule has 5 heteroatoms. The molecule has 128 valence electrons. The summed E-state index contributed by atoms with van der Waals surface area (Å²) in [5.41, 5.74) is 1.90. The zero-order chi connectivity index (χ0) is 16.9. The van der Waals surface area contributed by atoms with E-state index in [1.54, 1.807) is 18.4 Å². The van der Waals surface area contributed by atoms with Crippen LogP contribution >= 0.6 is 11.3 Å². The highest BCUT2D eigenvalue weighted by atomic mass is 32.1. The summed E-state index contributed by atoms with van der Waals surface area (Å²) < 4.78 is 0. The number of hydrogen-bond donors (Lipinski definition) is 2. The number of thiophene rings is 1. The number of amides is 1. The highest BCUT2D eigenvalue weighted by Crippen LogP contribution is 2.30. The first-order chi connectivity index (χ1) is 11.7. The molecule has 2 aromatic rings. The van der Waals surface area contributed by atoms with E-state index in [0.717, 1.165) is 30.8 Å². The van der Waals surface area contributed by atoms with E-state index in [0.29, 0.717) is 11.6 Å². The van der Waals surface area contributed by atoms with Crippen LogP contribution in [0.4, 0.5) is 0 Å². The van der Waals surface area contributed by atoms with Crippen LogP contribution in [0.2, 0.25) is 0 Å². The zero-order valence-corrected chi connectivity index (χ0v) is 14.8. The number of carbonyl (C=O) groups excluding carboxylic acids is 1. The second-order valence-corrected chi connectivity index (χ2v) is 7.29. The van der Waals surface area contributed by atoms with Crippen molar-refractivity contribution in [2.24, 2.45) is 0 Å². The maximum atomic E-state index is 11.6. The van der Waals surface area contributed by atoms with Crippen molar-refractivity contribution in [2.45, 2.75) is 38.0 Å². The van der Waals surface area contributed by atoms with Gasteiger partial charge in [0.05, 0.1) is 6.10 Å². The average molecular weight is 344 g/mol. The van der Waals surface area contributed by atoms with Crippen LogP contribution in [-0.2, 0) is 6.54 Å². The Morgan fingerprint density at radius 2 is 2.17 bits per heavy atom.